The fourth-order valence-electron chi connectivity index (χ4n) is 4.90. The molecule has 0 unspecified atom stereocenters. The Labute approximate surface area is 184 Å². The van der Waals surface area contributed by atoms with E-state index in [1.807, 2.05) is 24.5 Å². The Kier molecular flexibility index (Phi) is 3.52. The third-order valence-electron chi connectivity index (χ3n) is 6.20. The third-order valence-corrected chi connectivity index (χ3v) is 6.20. The van der Waals surface area contributed by atoms with Crippen LogP contribution < -0.4 is 0 Å². The molecule has 3 aromatic carbocycles. The van der Waals surface area contributed by atoms with Crippen molar-refractivity contribution in [3.63, 3.8) is 0 Å². The average molecular weight is 410 g/mol. The smallest absolute Gasteiger partial charge is 0.137 e. The number of rotatable bonds is 2. The molecule has 0 atom stereocenters. The summed E-state index contributed by atoms with van der Waals surface area (Å²) in [6.07, 6.45) is 3.87. The Bertz CT molecular complexity index is 1630. The van der Waals surface area contributed by atoms with Crippen molar-refractivity contribution in [1.82, 2.24) is 19.1 Å². The van der Waals surface area contributed by atoms with Crippen LogP contribution in [0, 0.1) is 0 Å². The molecule has 150 valence electrons. The van der Waals surface area contributed by atoms with Crippen molar-refractivity contribution < 1.29 is 0 Å². The molecule has 0 aliphatic rings. The summed E-state index contributed by atoms with van der Waals surface area (Å²) in [5, 5.41) is 3.45. The molecule has 4 heterocycles. The normalized spacial score (nSPS) is 11.8. The zero-order valence-corrected chi connectivity index (χ0v) is 17.2. The molecule has 32 heavy (non-hydrogen) atoms. The number of nitrogens with zero attached hydrogens (tertiary/aromatic N) is 4. The largest absolute Gasteiger partial charge is 0.307 e. The van der Waals surface area contributed by atoms with Crippen LogP contribution in [0.3, 0.4) is 0 Å². The van der Waals surface area contributed by atoms with E-state index in [1.165, 1.54) is 10.9 Å². The fourth-order valence-corrected chi connectivity index (χ4v) is 4.90. The van der Waals surface area contributed by atoms with Gasteiger partial charge in [-0.3, -0.25) is 9.55 Å². The number of benzene rings is 3. The second-order valence-electron chi connectivity index (χ2n) is 7.95. The topological polar surface area (TPSA) is 35.6 Å². The Hall–Kier alpha value is -4.44. The molecule has 4 aromatic heterocycles. The summed E-state index contributed by atoms with van der Waals surface area (Å²) in [6.45, 7) is 0. The molecular weight excluding hydrogens is 392 g/mol. The summed E-state index contributed by atoms with van der Waals surface area (Å²) in [5.41, 5.74) is 6.60. The lowest BCUT2D eigenvalue weighted by Gasteiger charge is -2.11. The van der Waals surface area contributed by atoms with Gasteiger partial charge in [0.05, 0.1) is 27.6 Å². The molecule has 7 rings (SSSR count). The SMILES string of the molecule is c1ccc(-n2c3ccccc3c3cnc4c5ccccc5n(-c5ccccn5)c4c32)cc1. The van der Waals surface area contributed by atoms with Gasteiger partial charge in [0, 0.05) is 34.2 Å². The summed E-state index contributed by atoms with van der Waals surface area (Å²) in [4.78, 5) is 9.69. The van der Waals surface area contributed by atoms with Crippen LogP contribution in [0.15, 0.2) is 109 Å². The lowest BCUT2D eigenvalue weighted by molar-refractivity contribution is 1.07. The van der Waals surface area contributed by atoms with Crippen molar-refractivity contribution in [3.05, 3.63) is 109 Å². The highest BCUT2D eigenvalue weighted by Crippen LogP contribution is 2.39. The van der Waals surface area contributed by atoms with Crippen LogP contribution in [0.2, 0.25) is 0 Å². The first kappa shape index (κ1) is 17.3. The first-order valence-corrected chi connectivity index (χ1v) is 10.7. The van der Waals surface area contributed by atoms with Gasteiger partial charge in [-0.2, -0.15) is 0 Å². The van der Waals surface area contributed by atoms with Gasteiger partial charge in [0.25, 0.3) is 0 Å². The van der Waals surface area contributed by atoms with Crippen LogP contribution in [0.1, 0.15) is 0 Å². The van der Waals surface area contributed by atoms with Gasteiger partial charge in [0.15, 0.2) is 0 Å². The molecule has 0 saturated carbocycles. The van der Waals surface area contributed by atoms with Crippen molar-refractivity contribution in [3.8, 4) is 11.5 Å². The van der Waals surface area contributed by atoms with Gasteiger partial charge in [-0.25, -0.2) is 4.98 Å². The van der Waals surface area contributed by atoms with E-state index in [2.05, 4.69) is 94.1 Å². The van der Waals surface area contributed by atoms with Crippen molar-refractivity contribution in [2.45, 2.75) is 0 Å². The van der Waals surface area contributed by atoms with Crippen molar-refractivity contribution in [2.24, 2.45) is 0 Å². The molecule has 0 saturated heterocycles. The maximum atomic E-state index is 4.98. The van der Waals surface area contributed by atoms with Gasteiger partial charge >= 0.3 is 0 Å². The van der Waals surface area contributed by atoms with Gasteiger partial charge in [-0.05, 0) is 36.4 Å². The first-order chi connectivity index (χ1) is 15.9. The van der Waals surface area contributed by atoms with Crippen LogP contribution in [0.5, 0.6) is 0 Å². The predicted octanol–water partition coefficient (Wildman–Crippen LogP) is 6.67. The van der Waals surface area contributed by atoms with Crippen molar-refractivity contribution >= 4 is 43.7 Å². The lowest BCUT2D eigenvalue weighted by Crippen LogP contribution is -2.00. The summed E-state index contributed by atoms with van der Waals surface area (Å²) in [5.74, 6) is 0.887. The second kappa shape index (κ2) is 6.53. The van der Waals surface area contributed by atoms with Crippen LogP contribution in [-0.2, 0) is 0 Å². The molecule has 0 aliphatic heterocycles. The molecular formula is C28H18N4. The summed E-state index contributed by atoms with van der Waals surface area (Å²) >= 11 is 0. The van der Waals surface area contributed by atoms with E-state index in [0.717, 1.165) is 44.3 Å². The minimum absolute atomic E-state index is 0.887. The molecule has 4 heteroatoms. The van der Waals surface area contributed by atoms with Crippen LogP contribution in [0.4, 0.5) is 0 Å². The monoisotopic (exact) mass is 410 g/mol. The number of hydrogen-bond acceptors (Lipinski definition) is 2. The quantitative estimate of drug-likeness (QED) is 0.319. The highest BCUT2D eigenvalue weighted by atomic mass is 15.1. The Morgan fingerprint density at radius 2 is 1.19 bits per heavy atom. The van der Waals surface area contributed by atoms with Gasteiger partial charge in [0.1, 0.15) is 5.82 Å². The second-order valence-corrected chi connectivity index (χ2v) is 7.95. The van der Waals surface area contributed by atoms with E-state index < -0.39 is 0 Å². The molecule has 0 amide bonds. The predicted molar refractivity (Wildman–Crippen MR) is 131 cm³/mol. The molecule has 0 fully saturated rings. The van der Waals surface area contributed by atoms with Gasteiger partial charge in [0.2, 0.25) is 0 Å². The maximum absolute atomic E-state index is 4.98. The van der Waals surface area contributed by atoms with E-state index >= 15 is 0 Å². The minimum Gasteiger partial charge on any atom is -0.307 e. The fraction of sp³-hybridized carbons (Fsp3) is 0. The van der Waals surface area contributed by atoms with Crippen LogP contribution >= 0.6 is 0 Å². The molecule has 4 nitrogen and oxygen atoms in total. The Morgan fingerprint density at radius 1 is 0.500 bits per heavy atom. The third kappa shape index (κ3) is 2.26. The summed E-state index contributed by atoms with van der Waals surface area (Å²) in [6, 6.07) is 33.6. The minimum atomic E-state index is 0.887. The van der Waals surface area contributed by atoms with E-state index in [1.54, 1.807) is 0 Å². The first-order valence-electron chi connectivity index (χ1n) is 10.7. The number of fused-ring (bicyclic) bond motifs is 7. The number of hydrogen-bond donors (Lipinski definition) is 0. The van der Waals surface area contributed by atoms with E-state index in [4.69, 9.17) is 9.97 Å². The number of aromatic nitrogens is 4. The average Bonchev–Trinajstić information content (AvgIpc) is 3.38. The highest BCUT2D eigenvalue weighted by molar-refractivity contribution is 6.22. The molecule has 0 bridgehead atoms. The zero-order chi connectivity index (χ0) is 21.1. The Balaban J connectivity index is 1.81. The van der Waals surface area contributed by atoms with E-state index in [9.17, 15) is 0 Å². The van der Waals surface area contributed by atoms with E-state index in [0.29, 0.717) is 0 Å². The maximum Gasteiger partial charge on any atom is 0.137 e. The Morgan fingerprint density at radius 3 is 1.97 bits per heavy atom. The van der Waals surface area contributed by atoms with Gasteiger partial charge in [-0.15, -0.1) is 0 Å². The van der Waals surface area contributed by atoms with E-state index in [-0.39, 0.29) is 0 Å². The van der Waals surface area contributed by atoms with Crippen molar-refractivity contribution in [1.29, 1.82) is 0 Å². The van der Waals surface area contributed by atoms with Gasteiger partial charge in [-0.1, -0.05) is 60.7 Å². The van der Waals surface area contributed by atoms with Gasteiger partial charge < -0.3 is 4.57 Å². The standard InChI is InChI=1S/C28H18N4/c1-2-10-19(11-3-1)31-23-14-6-4-12-20(23)22-18-30-26-21-13-5-7-15-24(21)32(28(26)27(22)31)25-16-8-9-17-29-25/h1-18H. The summed E-state index contributed by atoms with van der Waals surface area (Å²) < 4.78 is 4.60. The molecule has 0 spiro atoms. The molecule has 0 radical (unpaired) electrons. The molecule has 0 N–H and O–H groups in total. The van der Waals surface area contributed by atoms with Crippen LogP contribution in [0.25, 0.3) is 55.2 Å². The number of pyridine rings is 2. The lowest BCUT2D eigenvalue weighted by atomic mass is 10.2. The van der Waals surface area contributed by atoms with Crippen LogP contribution in [-0.4, -0.2) is 19.1 Å². The zero-order valence-electron chi connectivity index (χ0n) is 17.2. The summed E-state index contributed by atoms with van der Waals surface area (Å²) in [7, 11) is 0. The highest BCUT2D eigenvalue weighted by Gasteiger charge is 2.21. The molecule has 0 aliphatic carbocycles. The van der Waals surface area contributed by atoms with Crippen molar-refractivity contribution in [2.75, 3.05) is 0 Å². The number of para-hydroxylation sites is 3. The molecule has 7 aromatic rings.